The molecule has 0 aromatic carbocycles. The highest BCUT2D eigenvalue weighted by molar-refractivity contribution is 7.90. The minimum Gasteiger partial charge on any atom is -0.377 e. The number of hydrogen-bond donors (Lipinski definition) is 1. The number of thiazole rings is 1. The Balaban J connectivity index is 2.03. The van der Waals surface area contributed by atoms with E-state index < -0.39 is 9.84 Å². The van der Waals surface area contributed by atoms with Crippen molar-refractivity contribution in [2.24, 2.45) is 0 Å². The molecule has 2 rings (SSSR count). The van der Waals surface area contributed by atoms with Crippen molar-refractivity contribution in [1.82, 2.24) is 9.97 Å². The molecule has 0 amide bonds. The Hall–Kier alpha value is -1.18. The van der Waals surface area contributed by atoms with Crippen molar-refractivity contribution in [2.45, 2.75) is 11.6 Å². The first-order chi connectivity index (χ1) is 8.45. The lowest BCUT2D eigenvalue weighted by atomic mass is 10.4. The molecule has 0 spiro atoms. The molecular formula is C10H10ClN3O2S2. The van der Waals surface area contributed by atoms with Gasteiger partial charge in [-0.3, -0.25) is 0 Å². The van der Waals surface area contributed by atoms with Crippen molar-refractivity contribution in [3.05, 3.63) is 33.9 Å². The molecule has 0 bridgehead atoms. The molecule has 2 aromatic rings. The third-order valence-electron chi connectivity index (χ3n) is 2.09. The molecule has 0 saturated carbocycles. The lowest BCUT2D eigenvalue weighted by molar-refractivity contribution is 0.598. The maximum Gasteiger partial charge on any atom is 0.192 e. The third-order valence-corrected chi connectivity index (χ3v) is 4.20. The van der Waals surface area contributed by atoms with Crippen LogP contribution in [0.5, 0.6) is 0 Å². The molecule has 2 heterocycles. The first-order valence-corrected chi connectivity index (χ1v) is 8.04. The predicted octanol–water partition coefficient (Wildman–Crippen LogP) is 2.21. The van der Waals surface area contributed by atoms with Crippen molar-refractivity contribution in [3.8, 4) is 0 Å². The van der Waals surface area contributed by atoms with Crippen molar-refractivity contribution in [2.75, 3.05) is 11.6 Å². The van der Waals surface area contributed by atoms with E-state index in [0.29, 0.717) is 10.9 Å². The van der Waals surface area contributed by atoms with Gasteiger partial charge in [0.05, 0.1) is 24.6 Å². The zero-order valence-electron chi connectivity index (χ0n) is 9.42. The van der Waals surface area contributed by atoms with E-state index in [1.807, 2.05) is 0 Å². The van der Waals surface area contributed by atoms with E-state index in [-0.39, 0.29) is 5.03 Å². The van der Waals surface area contributed by atoms with Crippen LogP contribution in [0, 0.1) is 0 Å². The fraction of sp³-hybridized carbons (Fsp3) is 0.200. The predicted molar refractivity (Wildman–Crippen MR) is 71.8 cm³/mol. The van der Waals surface area contributed by atoms with E-state index >= 15 is 0 Å². The standard InChI is InChI=1S/C10H10ClN3O2S2/c1-18(15,16)10-3-2-7(4-14-10)12-6-9-13-5-8(11)17-9/h2-5,12H,6H2,1H3. The van der Waals surface area contributed by atoms with Crippen LogP contribution in [0.1, 0.15) is 5.01 Å². The molecule has 0 radical (unpaired) electrons. The summed E-state index contributed by atoms with van der Waals surface area (Å²) in [5, 5.41) is 4.00. The second-order valence-corrected chi connectivity index (χ2v) is 7.28. The van der Waals surface area contributed by atoms with Gasteiger partial charge in [0.2, 0.25) is 0 Å². The van der Waals surface area contributed by atoms with Crippen molar-refractivity contribution >= 4 is 38.5 Å². The Bertz CT molecular complexity index is 637. The van der Waals surface area contributed by atoms with Gasteiger partial charge in [0.25, 0.3) is 0 Å². The van der Waals surface area contributed by atoms with Gasteiger partial charge in [0.15, 0.2) is 14.9 Å². The van der Waals surface area contributed by atoms with Crippen LogP contribution in [-0.2, 0) is 16.4 Å². The van der Waals surface area contributed by atoms with Crippen LogP contribution in [0.2, 0.25) is 4.34 Å². The Morgan fingerprint density at radius 1 is 1.33 bits per heavy atom. The molecule has 5 nitrogen and oxygen atoms in total. The number of sulfone groups is 1. The van der Waals surface area contributed by atoms with Crippen LogP contribution in [0.4, 0.5) is 5.69 Å². The average Bonchev–Trinajstić information content (AvgIpc) is 2.72. The molecule has 0 aliphatic heterocycles. The summed E-state index contributed by atoms with van der Waals surface area (Å²) in [6.45, 7) is 0.525. The largest absolute Gasteiger partial charge is 0.377 e. The summed E-state index contributed by atoms with van der Waals surface area (Å²) in [5.74, 6) is 0. The third kappa shape index (κ3) is 3.41. The zero-order valence-corrected chi connectivity index (χ0v) is 11.8. The van der Waals surface area contributed by atoms with E-state index in [1.165, 1.54) is 23.6 Å². The summed E-state index contributed by atoms with van der Waals surface area (Å²) < 4.78 is 23.1. The van der Waals surface area contributed by atoms with Gasteiger partial charge in [-0.1, -0.05) is 11.6 Å². The lowest BCUT2D eigenvalue weighted by Gasteiger charge is -2.04. The quantitative estimate of drug-likeness (QED) is 0.937. The minimum atomic E-state index is -3.25. The smallest absolute Gasteiger partial charge is 0.192 e. The second kappa shape index (κ2) is 5.21. The minimum absolute atomic E-state index is 0.0605. The van der Waals surface area contributed by atoms with Gasteiger partial charge in [-0.2, -0.15) is 0 Å². The molecule has 2 aromatic heterocycles. The molecule has 18 heavy (non-hydrogen) atoms. The number of nitrogens with one attached hydrogen (secondary N) is 1. The van der Waals surface area contributed by atoms with Gasteiger partial charge < -0.3 is 5.32 Å². The van der Waals surface area contributed by atoms with Gasteiger partial charge in [0.1, 0.15) is 9.34 Å². The number of hydrogen-bond acceptors (Lipinski definition) is 6. The normalized spacial score (nSPS) is 11.4. The number of anilines is 1. The number of aromatic nitrogens is 2. The molecule has 0 fully saturated rings. The molecule has 0 aliphatic rings. The maximum absolute atomic E-state index is 11.2. The van der Waals surface area contributed by atoms with E-state index in [9.17, 15) is 8.42 Å². The second-order valence-electron chi connectivity index (χ2n) is 3.57. The van der Waals surface area contributed by atoms with Crippen molar-refractivity contribution in [3.63, 3.8) is 0 Å². The summed E-state index contributed by atoms with van der Waals surface area (Å²) in [6.07, 6.45) is 4.19. The first-order valence-electron chi connectivity index (χ1n) is 4.95. The van der Waals surface area contributed by atoms with Crippen LogP contribution in [-0.4, -0.2) is 24.6 Å². The summed E-state index contributed by atoms with van der Waals surface area (Å²) in [5.41, 5.74) is 0.730. The van der Waals surface area contributed by atoms with E-state index in [1.54, 1.807) is 12.3 Å². The van der Waals surface area contributed by atoms with Crippen LogP contribution in [0.15, 0.2) is 29.6 Å². The first kappa shape index (κ1) is 13.3. The van der Waals surface area contributed by atoms with Gasteiger partial charge >= 0.3 is 0 Å². The summed E-state index contributed by atoms with van der Waals surface area (Å²) in [7, 11) is -3.25. The lowest BCUT2D eigenvalue weighted by Crippen LogP contribution is -2.03. The van der Waals surface area contributed by atoms with Gasteiger partial charge in [-0.15, -0.1) is 11.3 Å². The fourth-order valence-corrected chi connectivity index (χ4v) is 2.71. The number of nitrogens with zero attached hydrogens (tertiary/aromatic N) is 2. The Kier molecular flexibility index (Phi) is 3.84. The zero-order chi connectivity index (χ0) is 13.2. The van der Waals surface area contributed by atoms with Crippen LogP contribution in [0.25, 0.3) is 0 Å². The monoisotopic (exact) mass is 303 g/mol. The van der Waals surface area contributed by atoms with Gasteiger partial charge in [-0.25, -0.2) is 18.4 Å². The maximum atomic E-state index is 11.2. The Morgan fingerprint density at radius 2 is 2.11 bits per heavy atom. The highest BCUT2D eigenvalue weighted by Gasteiger charge is 2.08. The SMILES string of the molecule is CS(=O)(=O)c1ccc(NCc2ncc(Cl)s2)cn1. The highest BCUT2D eigenvalue weighted by Crippen LogP contribution is 2.19. The topological polar surface area (TPSA) is 72.0 Å². The van der Waals surface area contributed by atoms with Gasteiger partial charge in [-0.05, 0) is 12.1 Å². The summed E-state index contributed by atoms with van der Waals surface area (Å²) >= 11 is 7.15. The van der Waals surface area contributed by atoms with Crippen LogP contribution in [0.3, 0.4) is 0 Å². The fourth-order valence-electron chi connectivity index (χ4n) is 1.25. The number of halogens is 1. The summed E-state index contributed by atoms with van der Waals surface area (Å²) in [4.78, 5) is 7.97. The Morgan fingerprint density at radius 3 is 2.61 bits per heavy atom. The molecule has 0 aliphatic carbocycles. The van der Waals surface area contributed by atoms with Crippen molar-refractivity contribution < 1.29 is 8.42 Å². The molecule has 0 atom stereocenters. The Labute approximate surface area is 114 Å². The highest BCUT2D eigenvalue weighted by atomic mass is 35.5. The molecule has 1 N–H and O–H groups in total. The van der Waals surface area contributed by atoms with E-state index in [4.69, 9.17) is 11.6 Å². The molecule has 96 valence electrons. The summed E-state index contributed by atoms with van der Waals surface area (Å²) in [6, 6.07) is 3.13. The van der Waals surface area contributed by atoms with E-state index in [0.717, 1.165) is 17.0 Å². The van der Waals surface area contributed by atoms with Crippen LogP contribution >= 0.6 is 22.9 Å². The van der Waals surface area contributed by atoms with Crippen molar-refractivity contribution in [1.29, 1.82) is 0 Å². The molecule has 0 saturated heterocycles. The molecule has 0 unspecified atom stereocenters. The van der Waals surface area contributed by atoms with Crippen LogP contribution < -0.4 is 5.32 Å². The molecule has 8 heteroatoms. The number of pyridine rings is 1. The van der Waals surface area contributed by atoms with Gasteiger partial charge in [0, 0.05) is 6.26 Å². The van der Waals surface area contributed by atoms with E-state index in [2.05, 4.69) is 15.3 Å². The molecular weight excluding hydrogens is 294 g/mol. The average molecular weight is 304 g/mol. The number of rotatable bonds is 4.